The number of rotatable bonds is 2. The topological polar surface area (TPSA) is 66.8 Å². The lowest BCUT2D eigenvalue weighted by molar-refractivity contribution is -0.140. The third-order valence-corrected chi connectivity index (χ3v) is 2.76. The predicted octanol–water partition coefficient (Wildman–Crippen LogP) is 1.27. The molecular weight excluding hydrogens is 222 g/mol. The van der Waals surface area contributed by atoms with E-state index in [4.69, 9.17) is 9.84 Å². The molecule has 1 aromatic rings. The molecule has 0 saturated carbocycles. The molecule has 1 aromatic carbocycles. The molecule has 1 N–H and O–H groups in total. The standard InChI is InChI=1S/C12H13NO4/c1-7(12(15)16)13-9-5-3-4-6-10(9)17-8(2)11(13)14/h3-8H,1-2H3,(H,15,16)/t7-,8+/m0/s1. The molecule has 0 unspecified atom stereocenters. The van der Waals surface area contributed by atoms with Gasteiger partial charge in [0.25, 0.3) is 5.91 Å². The van der Waals surface area contributed by atoms with E-state index in [9.17, 15) is 9.59 Å². The van der Waals surface area contributed by atoms with Crippen LogP contribution in [0.3, 0.4) is 0 Å². The SMILES string of the molecule is C[C@H]1Oc2ccccc2N([C@@H](C)C(=O)O)C1=O. The maximum atomic E-state index is 12.0. The van der Waals surface area contributed by atoms with Gasteiger partial charge in [0.2, 0.25) is 0 Å². The van der Waals surface area contributed by atoms with Crippen molar-refractivity contribution in [3.63, 3.8) is 0 Å². The highest BCUT2D eigenvalue weighted by Gasteiger charge is 2.36. The first-order chi connectivity index (χ1) is 8.02. The van der Waals surface area contributed by atoms with Crippen LogP contribution in [0.15, 0.2) is 24.3 Å². The molecule has 0 aliphatic carbocycles. The number of carboxylic acid groups (broad SMARTS) is 1. The van der Waals surface area contributed by atoms with Crippen LogP contribution in [-0.2, 0) is 9.59 Å². The average molecular weight is 235 g/mol. The van der Waals surface area contributed by atoms with Gasteiger partial charge in [-0.15, -0.1) is 0 Å². The third kappa shape index (κ3) is 1.84. The molecule has 1 amide bonds. The molecule has 1 heterocycles. The lowest BCUT2D eigenvalue weighted by Gasteiger charge is -2.35. The number of carbonyl (C=O) groups is 2. The second-order valence-corrected chi connectivity index (χ2v) is 3.95. The highest BCUT2D eigenvalue weighted by molar-refractivity contribution is 6.03. The highest BCUT2D eigenvalue weighted by atomic mass is 16.5. The fraction of sp³-hybridized carbons (Fsp3) is 0.333. The number of carboxylic acids is 1. The van der Waals surface area contributed by atoms with Crippen molar-refractivity contribution in [2.75, 3.05) is 4.90 Å². The molecule has 0 spiro atoms. The summed E-state index contributed by atoms with van der Waals surface area (Å²) in [6.45, 7) is 3.09. The summed E-state index contributed by atoms with van der Waals surface area (Å²) in [5.74, 6) is -0.839. The van der Waals surface area contributed by atoms with E-state index < -0.39 is 18.1 Å². The van der Waals surface area contributed by atoms with Crippen LogP contribution in [0.1, 0.15) is 13.8 Å². The summed E-state index contributed by atoms with van der Waals surface area (Å²) < 4.78 is 5.42. The van der Waals surface area contributed by atoms with Gasteiger partial charge in [-0.25, -0.2) is 4.79 Å². The van der Waals surface area contributed by atoms with Crippen molar-refractivity contribution in [1.29, 1.82) is 0 Å². The number of fused-ring (bicyclic) bond motifs is 1. The molecule has 1 aliphatic rings. The van der Waals surface area contributed by atoms with E-state index in [1.54, 1.807) is 31.2 Å². The maximum Gasteiger partial charge on any atom is 0.326 e. The molecule has 0 fully saturated rings. The molecule has 0 saturated heterocycles. The minimum atomic E-state index is -1.04. The molecule has 0 radical (unpaired) electrons. The van der Waals surface area contributed by atoms with E-state index >= 15 is 0 Å². The Balaban J connectivity index is 2.49. The minimum Gasteiger partial charge on any atom is -0.480 e. The van der Waals surface area contributed by atoms with Crippen molar-refractivity contribution in [2.24, 2.45) is 0 Å². The van der Waals surface area contributed by atoms with Crippen LogP contribution in [0.25, 0.3) is 0 Å². The van der Waals surface area contributed by atoms with E-state index in [0.29, 0.717) is 11.4 Å². The van der Waals surface area contributed by atoms with Crippen LogP contribution in [0.5, 0.6) is 5.75 Å². The smallest absolute Gasteiger partial charge is 0.326 e. The monoisotopic (exact) mass is 235 g/mol. The lowest BCUT2D eigenvalue weighted by Crippen LogP contribution is -2.51. The van der Waals surface area contributed by atoms with Gasteiger partial charge in [0.15, 0.2) is 6.10 Å². The summed E-state index contributed by atoms with van der Waals surface area (Å²) >= 11 is 0. The fourth-order valence-electron chi connectivity index (χ4n) is 1.82. The molecule has 2 atom stereocenters. The zero-order valence-electron chi connectivity index (χ0n) is 9.58. The van der Waals surface area contributed by atoms with Crippen molar-refractivity contribution in [2.45, 2.75) is 26.0 Å². The molecule has 0 aromatic heterocycles. The number of benzene rings is 1. The number of nitrogens with zero attached hydrogens (tertiary/aromatic N) is 1. The number of hydrogen-bond acceptors (Lipinski definition) is 3. The number of anilines is 1. The van der Waals surface area contributed by atoms with E-state index in [1.165, 1.54) is 11.8 Å². The summed E-state index contributed by atoms with van der Waals surface area (Å²) in [5, 5.41) is 9.03. The fourth-order valence-corrected chi connectivity index (χ4v) is 1.82. The number of ether oxygens (including phenoxy) is 1. The molecule has 1 aliphatic heterocycles. The molecule has 2 rings (SSSR count). The van der Waals surface area contributed by atoms with E-state index in [-0.39, 0.29) is 5.91 Å². The van der Waals surface area contributed by atoms with Crippen LogP contribution in [0.2, 0.25) is 0 Å². The molecule has 5 heteroatoms. The van der Waals surface area contributed by atoms with Crippen molar-refractivity contribution in [3.8, 4) is 5.75 Å². The quantitative estimate of drug-likeness (QED) is 0.838. The lowest BCUT2D eigenvalue weighted by atomic mass is 10.1. The van der Waals surface area contributed by atoms with Crippen LogP contribution in [-0.4, -0.2) is 29.1 Å². The molecule has 0 bridgehead atoms. The molecular formula is C12H13NO4. The van der Waals surface area contributed by atoms with Crippen LogP contribution >= 0.6 is 0 Å². The van der Waals surface area contributed by atoms with Gasteiger partial charge < -0.3 is 9.84 Å². The summed E-state index contributed by atoms with van der Waals surface area (Å²) in [6, 6.07) is 6.02. The van der Waals surface area contributed by atoms with Crippen molar-refractivity contribution in [1.82, 2.24) is 0 Å². The van der Waals surface area contributed by atoms with Crippen molar-refractivity contribution in [3.05, 3.63) is 24.3 Å². The minimum absolute atomic E-state index is 0.335. The van der Waals surface area contributed by atoms with Gasteiger partial charge >= 0.3 is 5.97 Å². The van der Waals surface area contributed by atoms with Crippen molar-refractivity contribution < 1.29 is 19.4 Å². The number of aliphatic carboxylic acids is 1. The number of carbonyl (C=O) groups excluding carboxylic acids is 1. The molecule has 90 valence electrons. The third-order valence-electron chi connectivity index (χ3n) is 2.76. The Labute approximate surface area is 98.6 Å². The Morgan fingerprint density at radius 2 is 2.12 bits per heavy atom. The van der Waals surface area contributed by atoms with Gasteiger partial charge in [-0.3, -0.25) is 9.69 Å². The summed E-state index contributed by atoms with van der Waals surface area (Å²) in [4.78, 5) is 24.3. The van der Waals surface area contributed by atoms with Crippen molar-refractivity contribution >= 4 is 17.6 Å². The van der Waals surface area contributed by atoms with Crippen LogP contribution < -0.4 is 9.64 Å². The zero-order valence-corrected chi connectivity index (χ0v) is 9.58. The van der Waals surface area contributed by atoms with Gasteiger partial charge in [0.05, 0.1) is 5.69 Å². The van der Waals surface area contributed by atoms with Crippen LogP contribution in [0.4, 0.5) is 5.69 Å². The predicted molar refractivity (Wildman–Crippen MR) is 61.1 cm³/mol. The molecule has 17 heavy (non-hydrogen) atoms. The summed E-state index contributed by atoms with van der Waals surface area (Å²) in [5.41, 5.74) is 0.505. The van der Waals surface area contributed by atoms with E-state index in [2.05, 4.69) is 0 Å². The maximum absolute atomic E-state index is 12.0. The normalized spacial score (nSPS) is 20.5. The molecule has 5 nitrogen and oxygen atoms in total. The Morgan fingerprint density at radius 3 is 2.76 bits per heavy atom. The number of hydrogen-bond donors (Lipinski definition) is 1. The van der Waals surface area contributed by atoms with Gasteiger partial charge in [-0.2, -0.15) is 0 Å². The first kappa shape index (κ1) is 11.4. The summed E-state index contributed by atoms with van der Waals surface area (Å²) in [6.07, 6.45) is -0.660. The first-order valence-electron chi connectivity index (χ1n) is 5.34. The van der Waals surface area contributed by atoms with Gasteiger partial charge in [0, 0.05) is 0 Å². The Kier molecular flexibility index (Phi) is 2.75. The zero-order chi connectivity index (χ0) is 12.6. The number of para-hydroxylation sites is 2. The van der Waals surface area contributed by atoms with E-state index in [0.717, 1.165) is 0 Å². The van der Waals surface area contributed by atoms with Crippen LogP contribution in [0, 0.1) is 0 Å². The van der Waals surface area contributed by atoms with Gasteiger partial charge in [0.1, 0.15) is 11.8 Å². The summed E-state index contributed by atoms with van der Waals surface area (Å²) in [7, 11) is 0. The Bertz CT molecular complexity index is 471. The largest absolute Gasteiger partial charge is 0.480 e. The van der Waals surface area contributed by atoms with E-state index in [1.807, 2.05) is 0 Å². The second kappa shape index (κ2) is 4.08. The first-order valence-corrected chi connectivity index (χ1v) is 5.34. The number of amides is 1. The van der Waals surface area contributed by atoms with Gasteiger partial charge in [-0.1, -0.05) is 12.1 Å². The highest BCUT2D eigenvalue weighted by Crippen LogP contribution is 2.34. The Morgan fingerprint density at radius 1 is 1.47 bits per heavy atom. The Hall–Kier alpha value is -2.04. The average Bonchev–Trinajstić information content (AvgIpc) is 2.30. The van der Waals surface area contributed by atoms with Gasteiger partial charge in [-0.05, 0) is 26.0 Å². The second-order valence-electron chi connectivity index (χ2n) is 3.95.